The van der Waals surface area contributed by atoms with Gasteiger partial charge in [0.2, 0.25) is 0 Å². The fraction of sp³-hybridized carbons (Fsp3) is 0.786. The number of imide groups is 1. The number of fused-ring (bicyclic) bond motifs is 1. The van der Waals surface area contributed by atoms with Crippen molar-refractivity contribution >= 4 is 17.9 Å². The highest BCUT2D eigenvalue weighted by Gasteiger charge is 2.49. The van der Waals surface area contributed by atoms with Crippen molar-refractivity contribution in [3.63, 3.8) is 0 Å². The van der Waals surface area contributed by atoms with E-state index in [1.165, 1.54) is 4.90 Å². The Morgan fingerprint density at radius 3 is 2.67 bits per heavy atom. The number of guanidine groups is 1. The topological polar surface area (TPSA) is 77.0 Å². The Kier molecular flexibility index (Phi) is 4.69. The number of carbonyl (C=O) groups is 2. The number of amides is 3. The van der Waals surface area contributed by atoms with Gasteiger partial charge in [-0.15, -0.1) is 0 Å². The van der Waals surface area contributed by atoms with E-state index in [1.54, 1.807) is 7.05 Å². The molecule has 0 bridgehead atoms. The van der Waals surface area contributed by atoms with Crippen LogP contribution in [0.1, 0.15) is 33.6 Å². The van der Waals surface area contributed by atoms with Gasteiger partial charge in [-0.3, -0.25) is 15.1 Å². The Balaban J connectivity index is 2.23. The summed E-state index contributed by atoms with van der Waals surface area (Å²) >= 11 is 0. The summed E-state index contributed by atoms with van der Waals surface area (Å²) in [7, 11) is 1.69. The number of nitrogens with zero attached hydrogens (tertiary/aromatic N) is 3. The van der Waals surface area contributed by atoms with Crippen LogP contribution in [0.4, 0.5) is 4.79 Å². The van der Waals surface area contributed by atoms with E-state index < -0.39 is 6.04 Å². The number of hydrogen-bond acceptors (Lipinski definition) is 3. The molecule has 2 unspecified atom stereocenters. The minimum atomic E-state index is -0.401. The molecule has 7 nitrogen and oxygen atoms in total. The summed E-state index contributed by atoms with van der Waals surface area (Å²) in [4.78, 5) is 32.0. The highest BCUT2D eigenvalue weighted by atomic mass is 16.2. The van der Waals surface area contributed by atoms with E-state index in [-0.39, 0.29) is 18.1 Å². The number of urea groups is 1. The zero-order valence-corrected chi connectivity index (χ0v) is 13.2. The minimum absolute atomic E-state index is 0.249. The van der Waals surface area contributed by atoms with Gasteiger partial charge in [0.25, 0.3) is 5.91 Å². The van der Waals surface area contributed by atoms with Crippen molar-refractivity contribution in [1.82, 2.24) is 20.4 Å². The van der Waals surface area contributed by atoms with Gasteiger partial charge in [-0.05, 0) is 18.8 Å². The molecule has 0 radical (unpaired) electrons. The summed E-state index contributed by atoms with van der Waals surface area (Å²) in [5, 5.41) is 5.64. The average molecular weight is 295 g/mol. The molecule has 2 saturated heterocycles. The molecule has 0 saturated carbocycles. The maximum atomic E-state index is 12.2. The van der Waals surface area contributed by atoms with Crippen molar-refractivity contribution < 1.29 is 9.59 Å². The van der Waals surface area contributed by atoms with E-state index in [9.17, 15) is 9.59 Å². The quantitative estimate of drug-likeness (QED) is 0.778. The number of aliphatic imine (C=N–C) groups is 1. The van der Waals surface area contributed by atoms with E-state index in [0.29, 0.717) is 12.5 Å². The molecule has 2 atom stereocenters. The second-order valence-corrected chi connectivity index (χ2v) is 6.02. The molecule has 0 aromatic heterocycles. The Morgan fingerprint density at radius 1 is 1.33 bits per heavy atom. The smallest absolute Gasteiger partial charge is 0.325 e. The number of nitrogens with one attached hydrogen (secondary N) is 2. The molecule has 118 valence electrons. The van der Waals surface area contributed by atoms with Gasteiger partial charge in [-0.2, -0.15) is 0 Å². The lowest BCUT2D eigenvalue weighted by molar-refractivity contribution is -0.127. The van der Waals surface area contributed by atoms with Gasteiger partial charge in [0.1, 0.15) is 6.17 Å². The first-order valence-electron chi connectivity index (χ1n) is 7.61. The minimum Gasteiger partial charge on any atom is -0.334 e. The third kappa shape index (κ3) is 3.11. The molecule has 2 heterocycles. The summed E-state index contributed by atoms with van der Waals surface area (Å²) in [6, 6.07) is -0.767. The zero-order chi connectivity index (χ0) is 15.6. The van der Waals surface area contributed by atoms with Gasteiger partial charge < -0.3 is 15.1 Å². The van der Waals surface area contributed by atoms with Gasteiger partial charge in [0, 0.05) is 20.1 Å². The molecular weight excluding hydrogens is 270 g/mol. The van der Waals surface area contributed by atoms with Crippen LogP contribution < -0.4 is 10.6 Å². The van der Waals surface area contributed by atoms with Gasteiger partial charge in [-0.1, -0.05) is 20.8 Å². The number of carbonyl (C=O) groups excluding carboxylic acids is 2. The Morgan fingerprint density at radius 2 is 2.05 bits per heavy atom. The first kappa shape index (κ1) is 15.6. The summed E-state index contributed by atoms with van der Waals surface area (Å²) in [6.45, 7) is 7.83. The number of hydrogen-bond donors (Lipinski definition) is 2. The Hall–Kier alpha value is -1.79. The number of likely N-dealkylation sites (N-methyl/N-ethyl adjacent to an activating group) is 1. The predicted molar refractivity (Wildman–Crippen MR) is 80.8 cm³/mol. The van der Waals surface area contributed by atoms with Gasteiger partial charge in [0.05, 0.1) is 0 Å². The molecule has 2 rings (SSSR count). The van der Waals surface area contributed by atoms with Gasteiger partial charge in [-0.25, -0.2) is 4.79 Å². The van der Waals surface area contributed by atoms with Crippen molar-refractivity contribution in [3.05, 3.63) is 0 Å². The molecule has 0 aromatic rings. The maximum Gasteiger partial charge on any atom is 0.325 e. The molecule has 0 aromatic carbocycles. The number of rotatable bonds is 5. The lowest BCUT2D eigenvalue weighted by Crippen LogP contribution is -2.64. The van der Waals surface area contributed by atoms with Gasteiger partial charge in [0.15, 0.2) is 12.0 Å². The van der Waals surface area contributed by atoms with Crippen LogP contribution in [0.2, 0.25) is 0 Å². The fourth-order valence-electron chi connectivity index (χ4n) is 2.58. The van der Waals surface area contributed by atoms with E-state index in [4.69, 9.17) is 0 Å². The highest BCUT2D eigenvalue weighted by Crippen LogP contribution is 2.21. The van der Waals surface area contributed by atoms with Crippen molar-refractivity contribution in [2.45, 2.75) is 45.8 Å². The molecule has 7 heteroatoms. The molecule has 2 fully saturated rings. The van der Waals surface area contributed by atoms with Crippen LogP contribution in [0, 0.1) is 5.92 Å². The summed E-state index contributed by atoms with van der Waals surface area (Å²) in [5.74, 6) is 1.02. The van der Waals surface area contributed by atoms with E-state index in [1.807, 2.05) is 4.90 Å². The molecule has 2 N–H and O–H groups in total. The van der Waals surface area contributed by atoms with Crippen molar-refractivity contribution in [3.8, 4) is 0 Å². The maximum absolute atomic E-state index is 12.2. The third-order valence-corrected chi connectivity index (χ3v) is 3.85. The van der Waals surface area contributed by atoms with Gasteiger partial charge >= 0.3 is 6.03 Å². The lowest BCUT2D eigenvalue weighted by atomic mass is 10.1. The van der Waals surface area contributed by atoms with Crippen LogP contribution >= 0.6 is 0 Å². The third-order valence-electron chi connectivity index (χ3n) is 3.85. The molecule has 2 aliphatic heterocycles. The highest BCUT2D eigenvalue weighted by molar-refractivity contribution is 6.04. The van der Waals surface area contributed by atoms with Crippen LogP contribution in [-0.4, -0.2) is 60.0 Å². The fourth-order valence-corrected chi connectivity index (χ4v) is 2.58. The standard InChI is InChI=1S/C14H25N5O2/c1-5-7-15-13-16-11-10(19(13)8-6-9(2)3)12(20)17-14(21)18(11)4/h9-11H,5-8H2,1-4H3,(H,15,16)(H,17,20,21). The summed E-state index contributed by atoms with van der Waals surface area (Å²) < 4.78 is 0. The monoisotopic (exact) mass is 295 g/mol. The molecule has 21 heavy (non-hydrogen) atoms. The second-order valence-electron chi connectivity index (χ2n) is 6.02. The lowest BCUT2D eigenvalue weighted by Gasteiger charge is -2.35. The van der Waals surface area contributed by atoms with Crippen LogP contribution in [0.15, 0.2) is 4.99 Å². The van der Waals surface area contributed by atoms with Crippen LogP contribution in [-0.2, 0) is 4.79 Å². The Labute approximate surface area is 125 Å². The molecule has 0 spiro atoms. The first-order chi connectivity index (χ1) is 9.95. The Bertz CT molecular complexity index is 449. The van der Waals surface area contributed by atoms with Crippen LogP contribution in [0.5, 0.6) is 0 Å². The van der Waals surface area contributed by atoms with Crippen molar-refractivity contribution in [2.24, 2.45) is 10.9 Å². The molecule has 0 aliphatic carbocycles. The zero-order valence-electron chi connectivity index (χ0n) is 13.2. The first-order valence-corrected chi connectivity index (χ1v) is 7.61. The SMILES string of the molecule is CCCN=C1NC2C(C(=O)NC(=O)N2C)N1CCC(C)C. The largest absolute Gasteiger partial charge is 0.334 e. The van der Waals surface area contributed by atoms with Crippen molar-refractivity contribution in [1.29, 1.82) is 0 Å². The predicted octanol–water partition coefficient (Wildman–Crippen LogP) is 0.580. The van der Waals surface area contributed by atoms with E-state index >= 15 is 0 Å². The van der Waals surface area contributed by atoms with Crippen molar-refractivity contribution in [2.75, 3.05) is 20.1 Å². The normalized spacial score (nSPS) is 27.2. The molecule has 2 aliphatic rings. The average Bonchev–Trinajstić information content (AvgIpc) is 2.79. The molecule has 3 amide bonds. The molecular formula is C14H25N5O2. The summed E-state index contributed by atoms with van der Waals surface area (Å²) in [6.07, 6.45) is 1.58. The van der Waals surface area contributed by atoms with E-state index in [2.05, 4.69) is 36.4 Å². The van der Waals surface area contributed by atoms with E-state index in [0.717, 1.165) is 25.3 Å². The van der Waals surface area contributed by atoms with Crippen LogP contribution in [0.3, 0.4) is 0 Å². The summed E-state index contributed by atoms with van der Waals surface area (Å²) in [5.41, 5.74) is 0. The van der Waals surface area contributed by atoms with Crippen LogP contribution in [0.25, 0.3) is 0 Å². The second kappa shape index (κ2) is 6.32.